The summed E-state index contributed by atoms with van der Waals surface area (Å²) in [6.45, 7) is 25.8. The Hall–Kier alpha value is -1.96. The normalized spacial score (nSPS) is 13.2. The maximum absolute atomic E-state index is 10.6. The third-order valence-corrected chi connectivity index (χ3v) is 6.27. The van der Waals surface area contributed by atoms with Crippen LogP contribution >= 0.6 is 0 Å². The van der Waals surface area contributed by atoms with E-state index in [9.17, 15) is 10.2 Å². The Morgan fingerprint density at radius 2 is 1.06 bits per heavy atom. The van der Waals surface area contributed by atoms with Gasteiger partial charge in [0.25, 0.3) is 0 Å². The van der Waals surface area contributed by atoms with Gasteiger partial charge in [0.2, 0.25) is 0 Å². The van der Waals surface area contributed by atoms with Gasteiger partial charge in [-0.15, -0.1) is 0 Å². The summed E-state index contributed by atoms with van der Waals surface area (Å²) in [6.07, 6.45) is 1.12. The van der Waals surface area contributed by atoms with Crippen LogP contribution in [0.3, 0.4) is 0 Å². The molecule has 2 aromatic carbocycles. The minimum absolute atomic E-state index is 0.0342. The van der Waals surface area contributed by atoms with E-state index in [1.54, 1.807) is 0 Å². The van der Waals surface area contributed by atoms with E-state index >= 15 is 0 Å². The zero-order valence-corrected chi connectivity index (χ0v) is 22.7. The number of aromatic hydroxyl groups is 2. The number of rotatable bonds is 4. The van der Waals surface area contributed by atoms with Gasteiger partial charge in [-0.25, -0.2) is 0 Å². The smallest absolute Gasteiger partial charge is 0.123 e. The maximum Gasteiger partial charge on any atom is 0.123 e. The average Bonchev–Trinajstić information content (AvgIpc) is 2.65. The van der Waals surface area contributed by atoms with Gasteiger partial charge in [0.15, 0.2) is 0 Å². The predicted octanol–water partition coefficient (Wildman–Crippen LogP) is 9.14. The number of hydrogen-bond donors (Lipinski definition) is 2. The van der Waals surface area contributed by atoms with Crippen LogP contribution in [-0.4, -0.2) is 10.2 Å². The molecule has 0 saturated carbocycles. The van der Waals surface area contributed by atoms with Gasteiger partial charge in [-0.2, -0.15) is 0 Å². The van der Waals surface area contributed by atoms with Gasteiger partial charge >= 0.3 is 0 Å². The lowest BCUT2D eigenvalue weighted by molar-refractivity contribution is 0.422. The van der Waals surface area contributed by atoms with E-state index in [0.717, 1.165) is 28.7 Å². The highest BCUT2D eigenvalue weighted by Crippen LogP contribution is 2.41. The van der Waals surface area contributed by atoms with E-state index in [-0.39, 0.29) is 10.8 Å². The summed E-state index contributed by atoms with van der Waals surface area (Å²) < 4.78 is 0. The minimum Gasteiger partial charge on any atom is -0.507 e. The highest BCUT2D eigenvalue weighted by atomic mass is 16.3. The fraction of sp³-hybridized carbons (Fsp3) is 0.600. The highest BCUT2D eigenvalue weighted by Gasteiger charge is 2.27. The van der Waals surface area contributed by atoms with Crippen LogP contribution in [0.1, 0.15) is 135 Å². The summed E-state index contributed by atoms with van der Waals surface area (Å²) in [5, 5.41) is 20.6. The Bertz CT molecular complexity index is 815. The molecule has 0 fully saturated rings. The van der Waals surface area contributed by atoms with Crippen molar-refractivity contribution in [2.45, 2.75) is 118 Å². The van der Waals surface area contributed by atoms with Gasteiger partial charge in [0, 0.05) is 0 Å². The molecule has 2 nitrogen and oxygen atoms in total. The molecule has 0 aliphatic heterocycles. The van der Waals surface area contributed by atoms with Crippen molar-refractivity contribution in [2.24, 2.45) is 0 Å². The second-order valence-electron chi connectivity index (χ2n) is 11.9. The Morgan fingerprint density at radius 1 is 0.688 bits per heavy atom. The number of para-hydroxylation sites is 1. The van der Waals surface area contributed by atoms with Crippen LogP contribution < -0.4 is 0 Å². The molecule has 0 saturated heterocycles. The molecule has 0 aliphatic carbocycles. The van der Waals surface area contributed by atoms with Crippen LogP contribution in [-0.2, 0) is 10.8 Å². The van der Waals surface area contributed by atoms with Crippen molar-refractivity contribution < 1.29 is 10.2 Å². The summed E-state index contributed by atoms with van der Waals surface area (Å²) in [7, 11) is 0. The number of benzene rings is 2. The topological polar surface area (TPSA) is 40.5 Å². The van der Waals surface area contributed by atoms with Crippen molar-refractivity contribution in [1.82, 2.24) is 0 Å². The predicted molar refractivity (Wildman–Crippen MR) is 140 cm³/mol. The van der Waals surface area contributed by atoms with Crippen LogP contribution in [0.2, 0.25) is 0 Å². The zero-order chi connectivity index (χ0) is 25.0. The van der Waals surface area contributed by atoms with E-state index in [1.807, 2.05) is 18.2 Å². The molecular formula is C30H48O2. The van der Waals surface area contributed by atoms with Crippen molar-refractivity contribution in [2.75, 3.05) is 0 Å². The molecule has 180 valence electrons. The molecule has 0 aromatic heterocycles. The fourth-order valence-corrected chi connectivity index (χ4v) is 3.83. The van der Waals surface area contributed by atoms with Gasteiger partial charge < -0.3 is 10.2 Å². The lowest BCUT2D eigenvalue weighted by Crippen LogP contribution is -2.18. The molecule has 0 spiro atoms. The van der Waals surface area contributed by atoms with E-state index in [4.69, 9.17) is 0 Å². The molecule has 0 radical (unpaired) electrons. The van der Waals surface area contributed by atoms with Crippen LogP contribution in [0.4, 0.5) is 0 Å². The van der Waals surface area contributed by atoms with Crippen molar-refractivity contribution in [3.8, 4) is 11.5 Å². The van der Waals surface area contributed by atoms with Crippen molar-refractivity contribution >= 4 is 0 Å². The first-order valence-corrected chi connectivity index (χ1v) is 12.2. The highest BCUT2D eigenvalue weighted by molar-refractivity contribution is 5.50. The summed E-state index contributed by atoms with van der Waals surface area (Å²) in [6, 6.07) is 10.4. The van der Waals surface area contributed by atoms with E-state index < -0.39 is 0 Å². The third-order valence-electron chi connectivity index (χ3n) is 6.27. The molecule has 1 unspecified atom stereocenters. The van der Waals surface area contributed by atoms with Crippen LogP contribution in [0.5, 0.6) is 11.5 Å². The largest absolute Gasteiger partial charge is 0.507 e. The second-order valence-corrected chi connectivity index (χ2v) is 11.9. The van der Waals surface area contributed by atoms with Gasteiger partial charge in [0.1, 0.15) is 11.5 Å². The van der Waals surface area contributed by atoms with Gasteiger partial charge in [-0.3, -0.25) is 0 Å². The van der Waals surface area contributed by atoms with Crippen LogP contribution in [0.15, 0.2) is 30.3 Å². The van der Waals surface area contributed by atoms with Crippen LogP contribution in [0.25, 0.3) is 0 Å². The molecule has 1 atom stereocenters. The van der Waals surface area contributed by atoms with Crippen molar-refractivity contribution in [3.05, 3.63) is 58.1 Å². The molecule has 2 aromatic rings. The molecule has 0 amide bonds. The van der Waals surface area contributed by atoms with E-state index in [0.29, 0.717) is 29.3 Å². The molecule has 32 heavy (non-hydrogen) atoms. The van der Waals surface area contributed by atoms with Crippen molar-refractivity contribution in [3.63, 3.8) is 0 Å². The zero-order valence-electron chi connectivity index (χ0n) is 22.7. The monoisotopic (exact) mass is 440 g/mol. The summed E-state index contributed by atoms with van der Waals surface area (Å²) in [5.74, 6) is 2.26. The molecule has 2 heteroatoms. The average molecular weight is 441 g/mol. The van der Waals surface area contributed by atoms with E-state index in [1.165, 1.54) is 5.56 Å². The minimum atomic E-state index is -0.0342. The molecule has 0 heterocycles. The van der Waals surface area contributed by atoms with Gasteiger partial charge in [0.05, 0.1) is 0 Å². The van der Waals surface area contributed by atoms with Crippen molar-refractivity contribution in [1.29, 1.82) is 0 Å². The quantitative estimate of drug-likeness (QED) is 0.497. The molecule has 0 aliphatic rings. The summed E-state index contributed by atoms with van der Waals surface area (Å²) in [4.78, 5) is 0. The third kappa shape index (κ3) is 7.02. The Labute approximate surface area is 198 Å². The van der Waals surface area contributed by atoms with Gasteiger partial charge in [-0.1, -0.05) is 113 Å². The van der Waals surface area contributed by atoms with Crippen LogP contribution in [0, 0.1) is 0 Å². The molecule has 0 bridgehead atoms. The standard InChI is InChI=1S/C18H30O.C12H18O/c1-9-12(2)13-10-14(17(3,4)5)16(19)15(11-13)18(6,7)8;1-8(2)10-6-5-7-11(9(3)4)12(10)13/h10-12,19H,9H2,1-8H3;5-9,13H,1-4H3. The number of phenolic OH excluding ortho intramolecular Hbond substituents is 2. The Kier molecular flexibility index (Phi) is 9.45. The Morgan fingerprint density at radius 3 is 1.34 bits per heavy atom. The fourth-order valence-electron chi connectivity index (χ4n) is 3.83. The summed E-state index contributed by atoms with van der Waals surface area (Å²) in [5.41, 5.74) is 5.50. The summed E-state index contributed by atoms with van der Waals surface area (Å²) >= 11 is 0. The lowest BCUT2D eigenvalue weighted by Gasteiger charge is -2.29. The van der Waals surface area contributed by atoms with Gasteiger partial charge in [-0.05, 0) is 62.8 Å². The number of hydrogen-bond acceptors (Lipinski definition) is 2. The first-order valence-electron chi connectivity index (χ1n) is 12.2. The molecule has 2 rings (SSSR count). The Balaban J connectivity index is 0.000000343. The maximum atomic E-state index is 10.6. The number of phenols is 2. The first kappa shape index (κ1) is 28.1. The lowest BCUT2D eigenvalue weighted by atomic mass is 9.77. The molecule has 2 N–H and O–H groups in total. The van der Waals surface area contributed by atoms with E-state index in [2.05, 4.69) is 95.2 Å². The second kappa shape index (κ2) is 10.8. The first-order chi connectivity index (χ1) is 14.5. The molecular weight excluding hydrogens is 392 g/mol. The SMILES string of the molecule is CC(C)c1cccc(C(C)C)c1O.CCC(C)c1cc(C(C)(C)C)c(O)c(C(C)(C)C)c1.